The molecule has 196 valence electrons. The minimum Gasteiger partial charge on any atom is -0.488 e. The number of halogens is 1. The van der Waals surface area contributed by atoms with Crippen LogP contribution in [0, 0.1) is 5.82 Å². The smallest absolute Gasteiger partial charge is 0.441 e. The van der Waals surface area contributed by atoms with E-state index in [1.165, 1.54) is 24.7 Å². The maximum Gasteiger partial charge on any atom is 0.441 e. The van der Waals surface area contributed by atoms with E-state index in [1.807, 2.05) is 30.3 Å². The molecule has 3 aromatic carbocycles. The Morgan fingerprint density at radius 2 is 1.82 bits per heavy atom. The van der Waals surface area contributed by atoms with Gasteiger partial charge in [0.05, 0.1) is 27.7 Å². The van der Waals surface area contributed by atoms with Crippen LogP contribution in [-0.4, -0.2) is 38.1 Å². The summed E-state index contributed by atoms with van der Waals surface area (Å²) in [4.78, 5) is 24.7. The first-order chi connectivity index (χ1) is 18.3. The monoisotopic (exact) mass is 535 g/mol. The Balaban J connectivity index is 1.50. The molecular formula is C27H26FN5O4S. The van der Waals surface area contributed by atoms with Gasteiger partial charge in [0.2, 0.25) is 5.95 Å². The fraction of sp³-hybridized carbons (Fsp3) is 0.185. The maximum atomic E-state index is 13.2. The van der Waals surface area contributed by atoms with Gasteiger partial charge in [-0.25, -0.2) is 23.4 Å². The summed E-state index contributed by atoms with van der Waals surface area (Å²) >= 11 is 0. The zero-order valence-electron chi connectivity index (χ0n) is 20.8. The van der Waals surface area contributed by atoms with Crippen LogP contribution in [0.15, 0.2) is 83.5 Å². The average Bonchev–Trinajstić information content (AvgIpc) is 2.88. The Bertz CT molecular complexity index is 1540. The second-order valence-corrected chi connectivity index (χ2v) is 10.7. The van der Waals surface area contributed by atoms with Crippen LogP contribution < -0.4 is 10.1 Å². The van der Waals surface area contributed by atoms with E-state index in [4.69, 9.17) is 9.47 Å². The number of rotatable bonds is 9. The van der Waals surface area contributed by atoms with Gasteiger partial charge >= 0.3 is 6.09 Å². The summed E-state index contributed by atoms with van der Waals surface area (Å²) in [5.41, 5.74) is 2.86. The SMILES string of the molecule is CCOC(=O)N=S(C)(=O)Cc1cccc(Nc2ncnc(-c3ccccc3OCc3ccc(F)cc3)n2)c1. The molecule has 0 fully saturated rings. The predicted octanol–water partition coefficient (Wildman–Crippen LogP) is 5.75. The molecule has 0 aliphatic carbocycles. The van der Waals surface area contributed by atoms with Crippen LogP contribution in [0.1, 0.15) is 18.1 Å². The van der Waals surface area contributed by atoms with E-state index in [2.05, 4.69) is 24.6 Å². The Labute approximate surface area is 220 Å². The van der Waals surface area contributed by atoms with Crippen molar-refractivity contribution in [3.05, 3.63) is 96.1 Å². The highest BCUT2D eigenvalue weighted by Gasteiger charge is 2.12. The molecule has 9 nitrogen and oxygen atoms in total. The molecule has 1 heterocycles. The number of nitrogens with one attached hydrogen (secondary N) is 1. The van der Waals surface area contributed by atoms with Crippen molar-refractivity contribution in [3.8, 4) is 17.1 Å². The Morgan fingerprint density at radius 1 is 1.03 bits per heavy atom. The largest absolute Gasteiger partial charge is 0.488 e. The highest BCUT2D eigenvalue weighted by Crippen LogP contribution is 2.28. The van der Waals surface area contributed by atoms with Gasteiger partial charge in [-0.15, -0.1) is 4.36 Å². The third-order valence-electron chi connectivity index (χ3n) is 5.16. The number of carbonyl (C=O) groups excluding carboxylic acids is 1. The summed E-state index contributed by atoms with van der Waals surface area (Å²) in [5.74, 6) is 1.04. The lowest BCUT2D eigenvalue weighted by Crippen LogP contribution is -2.07. The number of carbonyl (C=O) groups is 1. The molecule has 1 N–H and O–H groups in total. The topological polar surface area (TPSA) is 116 Å². The van der Waals surface area contributed by atoms with Crippen molar-refractivity contribution < 1.29 is 22.9 Å². The molecule has 1 unspecified atom stereocenters. The van der Waals surface area contributed by atoms with Crippen molar-refractivity contribution in [2.24, 2.45) is 4.36 Å². The van der Waals surface area contributed by atoms with Crippen molar-refractivity contribution in [3.63, 3.8) is 0 Å². The second-order valence-electron chi connectivity index (χ2n) is 8.26. The Kier molecular flexibility index (Phi) is 8.59. The van der Waals surface area contributed by atoms with Crippen LogP contribution in [0.4, 0.5) is 20.8 Å². The zero-order chi connectivity index (χ0) is 27.0. The lowest BCUT2D eigenvalue weighted by atomic mass is 10.2. The van der Waals surface area contributed by atoms with E-state index in [0.29, 0.717) is 34.3 Å². The minimum atomic E-state index is -2.82. The fourth-order valence-corrected chi connectivity index (χ4v) is 4.75. The van der Waals surface area contributed by atoms with E-state index in [0.717, 1.165) is 5.56 Å². The number of anilines is 2. The quantitative estimate of drug-likeness (QED) is 0.288. The maximum absolute atomic E-state index is 13.2. The highest BCUT2D eigenvalue weighted by atomic mass is 32.2. The van der Waals surface area contributed by atoms with E-state index >= 15 is 0 Å². The van der Waals surface area contributed by atoms with Gasteiger partial charge in [-0.3, -0.25) is 0 Å². The number of hydrogen-bond acceptors (Lipinski definition) is 8. The third kappa shape index (κ3) is 7.56. The van der Waals surface area contributed by atoms with Crippen LogP contribution >= 0.6 is 0 Å². The summed E-state index contributed by atoms with van der Waals surface area (Å²) in [6.45, 7) is 2.08. The van der Waals surface area contributed by atoms with Crippen LogP contribution in [0.3, 0.4) is 0 Å². The van der Waals surface area contributed by atoms with E-state index < -0.39 is 15.8 Å². The molecule has 11 heteroatoms. The van der Waals surface area contributed by atoms with E-state index in [-0.39, 0.29) is 24.8 Å². The molecule has 0 saturated carbocycles. The van der Waals surface area contributed by atoms with Gasteiger partial charge in [0.15, 0.2) is 5.82 Å². The van der Waals surface area contributed by atoms with Gasteiger partial charge in [0.25, 0.3) is 0 Å². The van der Waals surface area contributed by atoms with Crippen molar-refractivity contribution >= 4 is 27.5 Å². The van der Waals surface area contributed by atoms with Crippen molar-refractivity contribution in [2.75, 3.05) is 18.2 Å². The van der Waals surface area contributed by atoms with Gasteiger partial charge < -0.3 is 14.8 Å². The summed E-state index contributed by atoms with van der Waals surface area (Å²) in [5, 5.41) is 3.13. The zero-order valence-corrected chi connectivity index (χ0v) is 21.7. The number of hydrogen-bond donors (Lipinski definition) is 1. The van der Waals surface area contributed by atoms with Crippen molar-refractivity contribution in [1.29, 1.82) is 0 Å². The highest BCUT2D eigenvalue weighted by molar-refractivity contribution is 7.92. The summed E-state index contributed by atoms with van der Waals surface area (Å²) in [7, 11) is -2.82. The predicted molar refractivity (Wildman–Crippen MR) is 143 cm³/mol. The number of nitrogens with zero attached hydrogens (tertiary/aromatic N) is 4. The number of ether oxygens (including phenoxy) is 2. The Hall–Kier alpha value is -4.38. The first-order valence-electron chi connectivity index (χ1n) is 11.7. The normalized spacial score (nSPS) is 12.3. The molecule has 0 aliphatic heterocycles. The molecule has 0 spiro atoms. The Morgan fingerprint density at radius 3 is 2.61 bits per heavy atom. The first kappa shape index (κ1) is 26.7. The molecule has 0 radical (unpaired) electrons. The van der Waals surface area contributed by atoms with Crippen LogP contribution in [0.5, 0.6) is 5.75 Å². The molecule has 1 aromatic heterocycles. The molecule has 0 saturated heterocycles. The standard InChI is InChI=1S/C27H26FN5O4S/c1-3-36-27(34)33-38(2,35)17-20-7-6-8-22(15-20)31-26-30-18-29-25(32-26)23-9-4-5-10-24(23)37-16-19-11-13-21(28)14-12-19/h4-15,18H,3,16-17H2,1-2H3,(H,29,30,31,32). The summed E-state index contributed by atoms with van der Waals surface area (Å²) in [6, 6.07) is 20.6. The van der Waals surface area contributed by atoms with E-state index in [9.17, 15) is 13.4 Å². The van der Waals surface area contributed by atoms with Gasteiger partial charge in [-0.2, -0.15) is 4.98 Å². The molecule has 0 bridgehead atoms. The van der Waals surface area contributed by atoms with Crippen LogP contribution in [0.2, 0.25) is 0 Å². The molecule has 38 heavy (non-hydrogen) atoms. The van der Waals surface area contributed by atoms with Crippen LogP contribution in [-0.2, 0) is 26.8 Å². The summed E-state index contributed by atoms with van der Waals surface area (Å²) < 4.78 is 40.4. The lowest BCUT2D eigenvalue weighted by molar-refractivity contribution is 0.164. The number of benzene rings is 3. The summed E-state index contributed by atoms with van der Waals surface area (Å²) in [6.07, 6.45) is 1.97. The number of para-hydroxylation sites is 1. The van der Waals surface area contributed by atoms with Gasteiger partial charge in [0.1, 0.15) is 24.5 Å². The van der Waals surface area contributed by atoms with Crippen molar-refractivity contribution in [1.82, 2.24) is 15.0 Å². The van der Waals surface area contributed by atoms with Crippen molar-refractivity contribution in [2.45, 2.75) is 19.3 Å². The second kappa shape index (κ2) is 12.2. The molecule has 1 atom stereocenters. The lowest BCUT2D eigenvalue weighted by Gasteiger charge is -2.12. The molecular weight excluding hydrogens is 509 g/mol. The van der Waals surface area contributed by atoms with Gasteiger partial charge in [-0.1, -0.05) is 36.4 Å². The fourth-order valence-electron chi connectivity index (χ4n) is 3.52. The van der Waals surface area contributed by atoms with Gasteiger partial charge in [0, 0.05) is 11.9 Å². The first-order valence-corrected chi connectivity index (χ1v) is 13.8. The third-order valence-corrected chi connectivity index (χ3v) is 6.56. The molecule has 4 aromatic rings. The van der Waals surface area contributed by atoms with E-state index in [1.54, 1.807) is 37.3 Å². The van der Waals surface area contributed by atoms with Crippen LogP contribution in [0.25, 0.3) is 11.4 Å². The van der Waals surface area contributed by atoms with Gasteiger partial charge in [-0.05, 0) is 54.4 Å². The minimum absolute atomic E-state index is 0.0720. The molecule has 4 rings (SSSR count). The molecule has 1 amide bonds. The number of aromatic nitrogens is 3. The average molecular weight is 536 g/mol. The molecule has 0 aliphatic rings. The number of amides is 1.